The van der Waals surface area contributed by atoms with Crippen molar-refractivity contribution in [2.75, 3.05) is 0 Å². The molecule has 112 valence electrons. The van der Waals surface area contributed by atoms with Gasteiger partial charge in [-0.3, -0.25) is 4.57 Å². The minimum atomic E-state index is -4.42. The Labute approximate surface area is 114 Å². The highest BCUT2D eigenvalue weighted by Gasteiger charge is 2.21. The molecule has 0 aliphatic rings. The molecular weight excluding hydrogens is 267 g/mol. The number of carboxylic acid groups (broad SMARTS) is 1. The van der Waals surface area contributed by atoms with Gasteiger partial charge in [-0.25, -0.2) is 4.79 Å². The van der Waals surface area contributed by atoms with Crippen molar-refractivity contribution < 1.29 is 24.3 Å². The summed E-state index contributed by atoms with van der Waals surface area (Å²) in [5.41, 5.74) is 0. The standard InChI is InChI=1S/C13H25O5P/c1-2-3-4-5-6-7-8-9-10-12(11-13(14)15)19(16,17)18/h11H,2-10H2,1H3,(H,14,15)(H2,16,17,18). The Hall–Kier alpha value is -0.640. The third-order valence-electron chi connectivity index (χ3n) is 2.95. The lowest BCUT2D eigenvalue weighted by atomic mass is 10.1. The molecule has 0 aliphatic carbocycles. The van der Waals surface area contributed by atoms with Gasteiger partial charge in [0.2, 0.25) is 0 Å². The Kier molecular flexibility index (Phi) is 9.84. The number of hydrogen-bond acceptors (Lipinski definition) is 2. The van der Waals surface area contributed by atoms with Crippen molar-refractivity contribution in [3.8, 4) is 0 Å². The summed E-state index contributed by atoms with van der Waals surface area (Å²) in [6, 6.07) is 0. The van der Waals surface area contributed by atoms with Crippen molar-refractivity contribution in [2.24, 2.45) is 0 Å². The fourth-order valence-electron chi connectivity index (χ4n) is 1.88. The molecule has 0 unspecified atom stereocenters. The average molecular weight is 292 g/mol. The highest BCUT2D eigenvalue weighted by atomic mass is 31.2. The zero-order valence-corrected chi connectivity index (χ0v) is 12.4. The Morgan fingerprint density at radius 2 is 1.47 bits per heavy atom. The Morgan fingerprint density at radius 1 is 1.00 bits per heavy atom. The van der Waals surface area contributed by atoms with Crippen LogP contribution in [-0.2, 0) is 9.36 Å². The van der Waals surface area contributed by atoms with E-state index in [1.165, 1.54) is 25.7 Å². The molecule has 0 saturated carbocycles. The maximum Gasteiger partial charge on any atom is 0.352 e. The van der Waals surface area contributed by atoms with E-state index >= 15 is 0 Å². The highest BCUT2D eigenvalue weighted by molar-refractivity contribution is 7.56. The molecule has 6 heteroatoms. The van der Waals surface area contributed by atoms with E-state index in [1.807, 2.05) is 0 Å². The van der Waals surface area contributed by atoms with Crippen LogP contribution in [0.2, 0.25) is 0 Å². The van der Waals surface area contributed by atoms with Crippen LogP contribution in [0.5, 0.6) is 0 Å². The number of allylic oxidation sites excluding steroid dienone is 1. The molecule has 0 radical (unpaired) electrons. The molecule has 0 aromatic heterocycles. The van der Waals surface area contributed by atoms with Crippen LogP contribution in [0.1, 0.15) is 64.7 Å². The van der Waals surface area contributed by atoms with Crippen LogP contribution in [-0.4, -0.2) is 20.9 Å². The molecule has 3 N–H and O–H groups in total. The van der Waals surface area contributed by atoms with Crippen molar-refractivity contribution in [1.29, 1.82) is 0 Å². The van der Waals surface area contributed by atoms with Gasteiger partial charge in [0.05, 0.1) is 0 Å². The minimum absolute atomic E-state index is 0.158. The fourth-order valence-corrected chi connectivity index (χ4v) is 2.61. The highest BCUT2D eigenvalue weighted by Crippen LogP contribution is 2.47. The molecule has 5 nitrogen and oxygen atoms in total. The first-order chi connectivity index (χ1) is 8.88. The molecule has 0 heterocycles. The van der Waals surface area contributed by atoms with Crippen molar-refractivity contribution in [1.82, 2.24) is 0 Å². The molecule has 0 atom stereocenters. The van der Waals surface area contributed by atoms with E-state index in [0.717, 1.165) is 19.3 Å². The van der Waals surface area contributed by atoms with Gasteiger partial charge in [0.1, 0.15) is 0 Å². The molecule has 0 aromatic rings. The van der Waals surface area contributed by atoms with Crippen molar-refractivity contribution in [2.45, 2.75) is 64.7 Å². The number of hydrogen-bond donors (Lipinski definition) is 3. The number of aliphatic carboxylic acids is 1. The number of carboxylic acids is 1. The topological polar surface area (TPSA) is 94.8 Å². The van der Waals surface area contributed by atoms with Gasteiger partial charge in [-0.2, -0.15) is 0 Å². The molecule has 0 fully saturated rings. The molecule has 0 aromatic carbocycles. The van der Waals surface area contributed by atoms with E-state index in [9.17, 15) is 9.36 Å². The first-order valence-corrected chi connectivity index (χ1v) is 8.48. The second-order valence-corrected chi connectivity index (χ2v) is 6.41. The maximum atomic E-state index is 11.1. The Bertz CT molecular complexity index is 332. The summed E-state index contributed by atoms with van der Waals surface area (Å²) < 4.78 is 11.1. The zero-order valence-electron chi connectivity index (χ0n) is 11.5. The van der Waals surface area contributed by atoms with E-state index in [-0.39, 0.29) is 11.7 Å². The average Bonchev–Trinajstić information content (AvgIpc) is 2.29. The summed E-state index contributed by atoms with van der Waals surface area (Å²) >= 11 is 0. The minimum Gasteiger partial charge on any atom is -0.478 e. The molecule has 0 rings (SSSR count). The van der Waals surface area contributed by atoms with E-state index in [4.69, 9.17) is 14.9 Å². The Balaban J connectivity index is 3.84. The lowest BCUT2D eigenvalue weighted by Gasteiger charge is -2.08. The van der Waals surface area contributed by atoms with Crippen LogP contribution in [0.4, 0.5) is 0 Å². The third-order valence-corrected chi connectivity index (χ3v) is 4.05. The summed E-state index contributed by atoms with van der Waals surface area (Å²) in [6.07, 6.45) is 9.37. The van der Waals surface area contributed by atoms with Crippen molar-refractivity contribution in [3.63, 3.8) is 0 Å². The van der Waals surface area contributed by atoms with Crippen LogP contribution in [0.15, 0.2) is 11.4 Å². The Morgan fingerprint density at radius 3 is 1.89 bits per heavy atom. The summed E-state index contributed by atoms with van der Waals surface area (Å²) in [5, 5.41) is 8.28. The summed E-state index contributed by atoms with van der Waals surface area (Å²) in [6.45, 7) is 2.17. The molecule has 0 amide bonds. The number of carbonyl (C=O) groups is 1. The zero-order chi connectivity index (χ0) is 14.7. The van der Waals surface area contributed by atoms with Crippen LogP contribution < -0.4 is 0 Å². The number of unbranched alkanes of at least 4 members (excludes halogenated alkanes) is 7. The maximum absolute atomic E-state index is 11.1. The van der Waals surface area contributed by atoms with Crippen molar-refractivity contribution >= 4 is 13.6 Å². The quantitative estimate of drug-likeness (QED) is 0.307. The second-order valence-electron chi connectivity index (χ2n) is 4.74. The van der Waals surface area contributed by atoms with Gasteiger partial charge >= 0.3 is 13.6 Å². The fraction of sp³-hybridized carbons (Fsp3) is 0.769. The van der Waals surface area contributed by atoms with Gasteiger partial charge in [-0.05, 0) is 12.8 Å². The van der Waals surface area contributed by atoms with Crippen LogP contribution in [0, 0.1) is 0 Å². The summed E-state index contributed by atoms with van der Waals surface area (Å²) in [4.78, 5) is 28.5. The van der Waals surface area contributed by atoms with E-state index in [1.54, 1.807) is 0 Å². The molecule has 19 heavy (non-hydrogen) atoms. The van der Waals surface area contributed by atoms with E-state index < -0.39 is 13.6 Å². The van der Waals surface area contributed by atoms with Crippen LogP contribution >= 0.6 is 7.60 Å². The first-order valence-electron chi connectivity index (χ1n) is 6.87. The van der Waals surface area contributed by atoms with E-state index in [0.29, 0.717) is 12.5 Å². The smallest absolute Gasteiger partial charge is 0.352 e. The monoisotopic (exact) mass is 292 g/mol. The number of rotatable bonds is 11. The SMILES string of the molecule is CCCCCCCCCCC(=CC(=O)O)P(=O)(O)O. The van der Waals surface area contributed by atoms with Gasteiger partial charge in [0, 0.05) is 11.4 Å². The molecular formula is C13H25O5P. The molecule has 0 spiro atoms. The second kappa shape index (κ2) is 10.2. The van der Waals surface area contributed by atoms with E-state index in [2.05, 4.69) is 6.92 Å². The predicted molar refractivity (Wildman–Crippen MR) is 75.0 cm³/mol. The van der Waals surface area contributed by atoms with Crippen LogP contribution in [0.25, 0.3) is 0 Å². The third kappa shape index (κ3) is 10.9. The summed E-state index contributed by atoms with van der Waals surface area (Å²) in [7, 11) is -4.42. The molecule has 0 aliphatic heterocycles. The largest absolute Gasteiger partial charge is 0.478 e. The summed E-state index contributed by atoms with van der Waals surface area (Å²) in [5.74, 6) is -1.31. The molecule has 0 saturated heterocycles. The van der Waals surface area contributed by atoms with Crippen molar-refractivity contribution in [3.05, 3.63) is 11.4 Å². The van der Waals surface area contributed by atoms with Gasteiger partial charge in [-0.15, -0.1) is 0 Å². The van der Waals surface area contributed by atoms with Crippen LogP contribution in [0.3, 0.4) is 0 Å². The normalized spacial score (nSPS) is 12.7. The van der Waals surface area contributed by atoms with Gasteiger partial charge in [0.15, 0.2) is 0 Å². The van der Waals surface area contributed by atoms with Gasteiger partial charge < -0.3 is 14.9 Å². The molecule has 0 bridgehead atoms. The van der Waals surface area contributed by atoms with Gasteiger partial charge in [-0.1, -0.05) is 51.9 Å². The predicted octanol–water partition coefficient (Wildman–Crippen LogP) is 3.66. The lowest BCUT2D eigenvalue weighted by Crippen LogP contribution is -1.94. The first kappa shape index (κ1) is 18.4. The lowest BCUT2D eigenvalue weighted by molar-refractivity contribution is -0.131. The van der Waals surface area contributed by atoms with Gasteiger partial charge in [0.25, 0.3) is 0 Å².